The van der Waals surface area contributed by atoms with Gasteiger partial charge >= 0.3 is 0 Å². The minimum Gasteiger partial charge on any atom is -0.497 e. The highest BCUT2D eigenvalue weighted by molar-refractivity contribution is 5.93. The van der Waals surface area contributed by atoms with Crippen LogP contribution >= 0.6 is 0 Å². The van der Waals surface area contributed by atoms with E-state index < -0.39 is 12.1 Å². The Balaban J connectivity index is 2.17. The van der Waals surface area contributed by atoms with Crippen LogP contribution in [0.15, 0.2) is 48.7 Å². The van der Waals surface area contributed by atoms with Gasteiger partial charge in [-0.1, -0.05) is 40.2 Å². The highest BCUT2D eigenvalue weighted by Crippen LogP contribution is 2.20. The standard InChI is InChI=1S/C27H41N5O3/c1-6-18(4)26(27(34)25(29)22-9-7-8-14-30-22)32-24(33)16-23(21(28)15-17(2)3)31-19-10-12-20(35-5)13-11-19/h7-14,17-18,21,23,25-26,31H,6,15-16,28-29H2,1-5H3,(H,32,33)/t18?,21-,23-,25?,26-/m0/s1. The summed E-state index contributed by atoms with van der Waals surface area (Å²) in [4.78, 5) is 30.7. The molecule has 0 saturated heterocycles. The molecule has 1 aromatic carbocycles. The van der Waals surface area contributed by atoms with Crippen LogP contribution in [0.3, 0.4) is 0 Å². The molecule has 2 rings (SSSR count). The maximum atomic E-state index is 13.3. The van der Waals surface area contributed by atoms with E-state index in [4.69, 9.17) is 16.2 Å². The highest BCUT2D eigenvalue weighted by Gasteiger charge is 2.32. The van der Waals surface area contributed by atoms with Gasteiger partial charge in [0.1, 0.15) is 11.8 Å². The minimum absolute atomic E-state index is 0.0847. The maximum Gasteiger partial charge on any atom is 0.222 e. The number of nitrogens with one attached hydrogen (secondary N) is 2. The van der Waals surface area contributed by atoms with Crippen molar-refractivity contribution in [3.63, 3.8) is 0 Å². The van der Waals surface area contributed by atoms with Gasteiger partial charge in [-0.15, -0.1) is 0 Å². The van der Waals surface area contributed by atoms with Gasteiger partial charge in [-0.3, -0.25) is 14.6 Å². The van der Waals surface area contributed by atoms with Gasteiger partial charge in [-0.25, -0.2) is 0 Å². The minimum atomic E-state index is -0.910. The maximum absolute atomic E-state index is 13.3. The number of amides is 1. The van der Waals surface area contributed by atoms with E-state index in [2.05, 4.69) is 29.5 Å². The number of carbonyl (C=O) groups is 2. The number of nitrogens with two attached hydrogens (primary N) is 2. The number of anilines is 1. The van der Waals surface area contributed by atoms with Crippen LogP contribution in [-0.2, 0) is 9.59 Å². The molecule has 1 aromatic heterocycles. The molecule has 2 unspecified atom stereocenters. The molecule has 192 valence electrons. The molecule has 0 saturated carbocycles. The summed E-state index contributed by atoms with van der Waals surface area (Å²) < 4.78 is 5.23. The van der Waals surface area contributed by atoms with E-state index in [-0.39, 0.29) is 36.1 Å². The lowest BCUT2D eigenvalue weighted by Gasteiger charge is -2.29. The molecule has 1 amide bonds. The average Bonchev–Trinajstić information content (AvgIpc) is 2.86. The van der Waals surface area contributed by atoms with E-state index in [0.29, 0.717) is 18.0 Å². The molecule has 0 radical (unpaired) electrons. The number of benzene rings is 1. The van der Waals surface area contributed by atoms with Gasteiger partial charge in [0.25, 0.3) is 0 Å². The molecule has 0 aliphatic rings. The van der Waals surface area contributed by atoms with Gasteiger partial charge in [-0.2, -0.15) is 0 Å². The summed E-state index contributed by atoms with van der Waals surface area (Å²) in [7, 11) is 1.61. The third-order valence-corrected chi connectivity index (χ3v) is 6.26. The molecule has 8 nitrogen and oxygen atoms in total. The number of Topliss-reactive ketones (excluding diaryl/α,β-unsaturated/α-hetero) is 1. The summed E-state index contributed by atoms with van der Waals surface area (Å²) in [6.07, 6.45) is 3.19. The average molecular weight is 484 g/mol. The Labute approximate surface area is 209 Å². The molecular weight excluding hydrogens is 442 g/mol. The Morgan fingerprint density at radius 3 is 2.29 bits per heavy atom. The number of ketones is 1. The zero-order chi connectivity index (χ0) is 26.0. The van der Waals surface area contributed by atoms with Crippen LogP contribution in [0.1, 0.15) is 58.7 Å². The predicted octanol–water partition coefficient (Wildman–Crippen LogP) is 3.43. The van der Waals surface area contributed by atoms with Crippen molar-refractivity contribution >= 4 is 17.4 Å². The van der Waals surface area contributed by atoms with Gasteiger partial charge in [0.05, 0.1) is 18.8 Å². The Bertz CT molecular complexity index is 920. The topological polar surface area (TPSA) is 132 Å². The first-order valence-electron chi connectivity index (χ1n) is 12.3. The van der Waals surface area contributed by atoms with E-state index in [0.717, 1.165) is 17.9 Å². The first-order chi connectivity index (χ1) is 16.7. The molecule has 0 spiro atoms. The number of hydrogen-bond donors (Lipinski definition) is 4. The quantitative estimate of drug-likeness (QED) is 0.323. The van der Waals surface area contributed by atoms with Crippen molar-refractivity contribution in [2.24, 2.45) is 23.3 Å². The summed E-state index contributed by atoms with van der Waals surface area (Å²) in [5, 5.41) is 6.35. The van der Waals surface area contributed by atoms with Crippen molar-refractivity contribution in [3.8, 4) is 5.75 Å². The lowest BCUT2D eigenvalue weighted by atomic mass is 9.90. The number of carbonyl (C=O) groups excluding carboxylic acids is 2. The normalized spacial score (nSPS) is 15.5. The lowest BCUT2D eigenvalue weighted by Crippen LogP contribution is -2.51. The molecule has 0 bridgehead atoms. The SMILES string of the molecule is CCC(C)[C@H](NC(=O)C[C@H](Nc1ccc(OC)cc1)[C@@H](N)CC(C)C)C(=O)C(N)c1ccccn1. The molecule has 0 aliphatic carbocycles. The fourth-order valence-corrected chi connectivity index (χ4v) is 3.98. The number of rotatable bonds is 14. The second-order valence-corrected chi connectivity index (χ2v) is 9.54. The molecule has 0 aliphatic heterocycles. The van der Waals surface area contributed by atoms with Crippen molar-refractivity contribution < 1.29 is 14.3 Å². The second-order valence-electron chi connectivity index (χ2n) is 9.54. The van der Waals surface area contributed by atoms with Gasteiger partial charge in [0, 0.05) is 30.4 Å². The van der Waals surface area contributed by atoms with Crippen molar-refractivity contribution in [1.82, 2.24) is 10.3 Å². The molecule has 6 N–H and O–H groups in total. The summed E-state index contributed by atoms with van der Waals surface area (Å²) in [5.74, 6) is 0.535. The molecule has 1 heterocycles. The van der Waals surface area contributed by atoms with Crippen LogP contribution in [0.4, 0.5) is 5.69 Å². The van der Waals surface area contributed by atoms with E-state index in [1.165, 1.54) is 0 Å². The number of aromatic nitrogens is 1. The van der Waals surface area contributed by atoms with Crippen LogP contribution < -0.4 is 26.8 Å². The van der Waals surface area contributed by atoms with Gasteiger partial charge in [0.2, 0.25) is 5.91 Å². The van der Waals surface area contributed by atoms with Crippen LogP contribution in [0.5, 0.6) is 5.75 Å². The first kappa shape index (κ1) is 28.3. The van der Waals surface area contributed by atoms with Crippen molar-refractivity contribution in [2.75, 3.05) is 12.4 Å². The van der Waals surface area contributed by atoms with Crippen LogP contribution in [0.25, 0.3) is 0 Å². The van der Waals surface area contributed by atoms with Gasteiger partial charge in [-0.05, 0) is 54.7 Å². The third kappa shape index (κ3) is 8.64. The van der Waals surface area contributed by atoms with E-state index in [9.17, 15) is 9.59 Å². The summed E-state index contributed by atoms with van der Waals surface area (Å²) in [6, 6.07) is 10.6. The number of methoxy groups -OCH3 is 1. The Hall–Kier alpha value is -2.97. The molecule has 2 aromatic rings. The van der Waals surface area contributed by atoms with Gasteiger partial charge in [0.15, 0.2) is 5.78 Å². The zero-order valence-electron chi connectivity index (χ0n) is 21.5. The van der Waals surface area contributed by atoms with E-state index in [1.807, 2.05) is 38.1 Å². The number of ether oxygens (including phenoxy) is 1. The van der Waals surface area contributed by atoms with E-state index >= 15 is 0 Å². The Kier molecular flexibility index (Phi) is 11.1. The largest absolute Gasteiger partial charge is 0.497 e. The molecule has 35 heavy (non-hydrogen) atoms. The smallest absolute Gasteiger partial charge is 0.222 e. The Morgan fingerprint density at radius 2 is 1.74 bits per heavy atom. The number of pyridine rings is 1. The van der Waals surface area contributed by atoms with Crippen LogP contribution in [-0.4, -0.2) is 41.9 Å². The monoisotopic (exact) mass is 483 g/mol. The van der Waals surface area contributed by atoms with E-state index in [1.54, 1.807) is 31.5 Å². The van der Waals surface area contributed by atoms with Crippen molar-refractivity contribution in [2.45, 2.75) is 71.1 Å². The fraction of sp³-hybridized carbons (Fsp3) is 0.519. The van der Waals surface area contributed by atoms with Crippen molar-refractivity contribution in [3.05, 3.63) is 54.4 Å². The molecule has 5 atom stereocenters. The summed E-state index contributed by atoms with van der Waals surface area (Å²) in [6.45, 7) is 8.11. The predicted molar refractivity (Wildman–Crippen MR) is 140 cm³/mol. The highest BCUT2D eigenvalue weighted by atomic mass is 16.5. The third-order valence-electron chi connectivity index (χ3n) is 6.26. The Morgan fingerprint density at radius 1 is 1.06 bits per heavy atom. The summed E-state index contributed by atoms with van der Waals surface area (Å²) >= 11 is 0. The molecule has 0 fully saturated rings. The lowest BCUT2D eigenvalue weighted by molar-refractivity contribution is -0.130. The number of nitrogens with zero attached hydrogens (tertiary/aromatic N) is 1. The second kappa shape index (κ2) is 13.8. The zero-order valence-corrected chi connectivity index (χ0v) is 21.5. The van der Waals surface area contributed by atoms with Crippen LogP contribution in [0.2, 0.25) is 0 Å². The fourth-order valence-electron chi connectivity index (χ4n) is 3.98. The summed E-state index contributed by atoms with van der Waals surface area (Å²) in [5.41, 5.74) is 14.1. The first-order valence-corrected chi connectivity index (χ1v) is 12.3. The van der Waals surface area contributed by atoms with Crippen molar-refractivity contribution in [1.29, 1.82) is 0 Å². The molecule has 8 heteroatoms. The molecular formula is C27H41N5O3. The number of hydrogen-bond acceptors (Lipinski definition) is 7. The van der Waals surface area contributed by atoms with Crippen LogP contribution in [0, 0.1) is 11.8 Å². The van der Waals surface area contributed by atoms with Gasteiger partial charge < -0.3 is 26.8 Å².